The number of benzene rings is 2. The molecule has 0 spiro atoms. The molecule has 7 nitrogen and oxygen atoms in total. The molecule has 0 heterocycles. The van der Waals surface area contributed by atoms with E-state index in [0.29, 0.717) is 28.3 Å². The molecule has 0 amide bonds. The Bertz CT molecular complexity index is 794. The van der Waals surface area contributed by atoms with Crippen molar-refractivity contribution in [3.05, 3.63) is 53.1 Å². The lowest BCUT2D eigenvalue weighted by Crippen LogP contribution is -2.34. The van der Waals surface area contributed by atoms with Crippen LogP contribution in [0.25, 0.3) is 0 Å². The fraction of sp³-hybridized carbons (Fsp3) is 0.222. The van der Waals surface area contributed by atoms with Gasteiger partial charge in [0.15, 0.2) is 11.5 Å². The molecular weight excluding hydrogens is 358 g/mol. The van der Waals surface area contributed by atoms with Gasteiger partial charge >= 0.3 is 0 Å². The number of nitrogens with two attached hydrogens (primary N) is 1. The molecule has 2 rings (SSSR count). The van der Waals surface area contributed by atoms with E-state index in [4.69, 9.17) is 20.6 Å². The third kappa shape index (κ3) is 4.58. The molecule has 2 aromatic rings. The molecule has 2 aromatic carbocycles. The second kappa shape index (κ2) is 8.96. The molecule has 0 radical (unpaired) electrons. The topological polar surface area (TPSA) is 120 Å². The van der Waals surface area contributed by atoms with Crippen LogP contribution in [0, 0.1) is 12.3 Å². The van der Waals surface area contributed by atoms with Crippen LogP contribution in [0.4, 0.5) is 5.69 Å². The van der Waals surface area contributed by atoms with E-state index in [2.05, 4.69) is 5.32 Å². The number of hydrogen-bond donors (Lipinski definition) is 3. The average Bonchev–Trinajstić information content (AvgIpc) is 2.59. The molecule has 0 saturated heterocycles. The molecule has 0 saturated carbocycles. The van der Waals surface area contributed by atoms with Gasteiger partial charge in [0.05, 0.1) is 26.2 Å². The number of hydrogen-bond acceptors (Lipinski definition) is 6. The molecule has 140 valence electrons. The molecule has 0 aliphatic heterocycles. The van der Waals surface area contributed by atoms with Crippen LogP contribution < -0.4 is 25.6 Å². The number of aryl methyl sites for hydroxylation is 1. The maximum Gasteiger partial charge on any atom is 0.161 e. The van der Waals surface area contributed by atoms with E-state index in [1.165, 1.54) is 14.2 Å². The minimum atomic E-state index is -1.27. The molecule has 0 fully saturated rings. The monoisotopic (exact) mass is 378 g/mol. The number of ether oxygens (including phenoxy) is 2. The SMILES string of the molecule is COc1cc(C)c(C(Nc2ccc(C(=N)N)cc2)C(=O)[O-])cc1OC.Cl. The van der Waals surface area contributed by atoms with Gasteiger partial charge in [-0.05, 0) is 54.4 Å². The maximum atomic E-state index is 11.7. The summed E-state index contributed by atoms with van der Waals surface area (Å²) in [5.41, 5.74) is 7.76. The molecule has 0 bridgehead atoms. The molecule has 4 N–H and O–H groups in total. The number of anilines is 1. The highest BCUT2D eigenvalue weighted by atomic mass is 35.5. The predicted octanol–water partition coefficient (Wildman–Crippen LogP) is 1.62. The van der Waals surface area contributed by atoms with Crippen molar-refractivity contribution >= 4 is 29.9 Å². The maximum absolute atomic E-state index is 11.7. The Balaban J connectivity index is 0.00000338. The Hall–Kier alpha value is -2.93. The smallest absolute Gasteiger partial charge is 0.161 e. The summed E-state index contributed by atoms with van der Waals surface area (Å²) in [5.74, 6) is -0.376. The normalized spacial score (nSPS) is 11.0. The standard InChI is InChI=1S/C18H21N3O4.ClH/c1-10-8-14(24-2)15(25-3)9-13(10)16(18(22)23)21-12-6-4-11(5-7-12)17(19)20;/h4-9,16,21H,1-3H3,(H3,19,20)(H,22,23);1H/p-1. The summed E-state index contributed by atoms with van der Waals surface area (Å²) in [6, 6.07) is 8.83. The fourth-order valence-corrected chi connectivity index (χ4v) is 2.48. The van der Waals surface area contributed by atoms with Gasteiger partial charge in [-0.3, -0.25) is 5.41 Å². The second-order valence-corrected chi connectivity index (χ2v) is 5.45. The predicted molar refractivity (Wildman–Crippen MR) is 100 cm³/mol. The summed E-state index contributed by atoms with van der Waals surface area (Å²) in [5, 5.41) is 22.0. The van der Waals surface area contributed by atoms with E-state index >= 15 is 0 Å². The van der Waals surface area contributed by atoms with Gasteiger partial charge in [0.2, 0.25) is 0 Å². The van der Waals surface area contributed by atoms with Gasteiger partial charge in [0.1, 0.15) is 5.84 Å². The van der Waals surface area contributed by atoms with E-state index < -0.39 is 12.0 Å². The summed E-state index contributed by atoms with van der Waals surface area (Å²) >= 11 is 0. The van der Waals surface area contributed by atoms with Crippen molar-refractivity contribution in [1.29, 1.82) is 5.41 Å². The first kappa shape index (κ1) is 21.1. The third-order valence-corrected chi connectivity index (χ3v) is 3.83. The van der Waals surface area contributed by atoms with E-state index in [-0.39, 0.29) is 18.2 Å². The van der Waals surface area contributed by atoms with E-state index in [0.717, 1.165) is 5.56 Å². The Labute approximate surface area is 158 Å². The quantitative estimate of drug-likeness (QED) is 0.497. The van der Waals surface area contributed by atoms with Crippen molar-refractivity contribution in [3.8, 4) is 11.5 Å². The first-order valence-corrected chi connectivity index (χ1v) is 7.51. The zero-order valence-electron chi connectivity index (χ0n) is 14.7. The Kier molecular flexibility index (Phi) is 7.28. The van der Waals surface area contributed by atoms with E-state index in [1.54, 1.807) is 43.3 Å². The van der Waals surface area contributed by atoms with Gasteiger partial charge in [-0.25, -0.2) is 0 Å². The minimum Gasteiger partial charge on any atom is -0.548 e. The molecule has 0 aliphatic rings. The number of rotatable bonds is 7. The van der Waals surface area contributed by atoms with Crippen LogP contribution in [0.15, 0.2) is 36.4 Å². The van der Waals surface area contributed by atoms with Gasteiger partial charge in [-0.1, -0.05) is 0 Å². The van der Waals surface area contributed by atoms with Crippen LogP contribution in [0.5, 0.6) is 11.5 Å². The summed E-state index contributed by atoms with van der Waals surface area (Å²) in [7, 11) is 3.00. The zero-order chi connectivity index (χ0) is 18.6. The number of nitrogens with one attached hydrogen (secondary N) is 2. The lowest BCUT2D eigenvalue weighted by Gasteiger charge is -2.24. The second-order valence-electron chi connectivity index (χ2n) is 5.45. The Morgan fingerprint density at radius 3 is 2.15 bits per heavy atom. The highest BCUT2D eigenvalue weighted by Gasteiger charge is 2.18. The number of carbonyl (C=O) groups excluding carboxylic acids is 1. The number of carboxylic acid groups (broad SMARTS) is 1. The first-order valence-electron chi connectivity index (χ1n) is 7.51. The summed E-state index contributed by atoms with van der Waals surface area (Å²) in [6.07, 6.45) is 0. The lowest BCUT2D eigenvalue weighted by molar-refractivity contribution is -0.307. The van der Waals surface area contributed by atoms with Gasteiger partial charge in [-0.15, -0.1) is 12.4 Å². The first-order chi connectivity index (χ1) is 11.9. The van der Waals surface area contributed by atoms with Crippen molar-refractivity contribution in [2.24, 2.45) is 5.73 Å². The van der Waals surface area contributed by atoms with Crippen molar-refractivity contribution in [3.63, 3.8) is 0 Å². The van der Waals surface area contributed by atoms with Crippen LogP contribution >= 0.6 is 12.4 Å². The number of halogens is 1. The third-order valence-electron chi connectivity index (χ3n) is 3.83. The minimum absolute atomic E-state index is 0. The van der Waals surface area contributed by atoms with Crippen molar-refractivity contribution in [2.75, 3.05) is 19.5 Å². The zero-order valence-corrected chi connectivity index (χ0v) is 15.5. The molecule has 1 atom stereocenters. The summed E-state index contributed by atoms with van der Waals surface area (Å²) in [4.78, 5) is 11.7. The Morgan fingerprint density at radius 2 is 1.69 bits per heavy atom. The largest absolute Gasteiger partial charge is 0.548 e. The molecule has 1 unspecified atom stereocenters. The van der Waals surface area contributed by atoms with E-state index in [1.807, 2.05) is 0 Å². The van der Waals surface area contributed by atoms with Crippen LogP contribution in [0.3, 0.4) is 0 Å². The van der Waals surface area contributed by atoms with Crippen LogP contribution in [0.2, 0.25) is 0 Å². The summed E-state index contributed by atoms with van der Waals surface area (Å²) < 4.78 is 10.5. The highest BCUT2D eigenvalue weighted by molar-refractivity contribution is 5.95. The molecule has 0 aliphatic carbocycles. The lowest BCUT2D eigenvalue weighted by atomic mass is 9.99. The van der Waals surface area contributed by atoms with Crippen LogP contribution in [0.1, 0.15) is 22.7 Å². The average molecular weight is 379 g/mol. The van der Waals surface area contributed by atoms with Crippen molar-refractivity contribution in [2.45, 2.75) is 13.0 Å². The van der Waals surface area contributed by atoms with Crippen molar-refractivity contribution in [1.82, 2.24) is 0 Å². The number of amidine groups is 1. The summed E-state index contributed by atoms with van der Waals surface area (Å²) in [6.45, 7) is 1.79. The van der Waals surface area contributed by atoms with Gasteiger partial charge in [0.25, 0.3) is 0 Å². The van der Waals surface area contributed by atoms with Gasteiger partial charge < -0.3 is 30.4 Å². The molecule has 26 heavy (non-hydrogen) atoms. The Morgan fingerprint density at radius 1 is 1.15 bits per heavy atom. The molecule has 0 aromatic heterocycles. The molecule has 8 heteroatoms. The van der Waals surface area contributed by atoms with Crippen molar-refractivity contribution < 1.29 is 19.4 Å². The number of carbonyl (C=O) groups is 1. The number of carboxylic acids is 1. The van der Waals surface area contributed by atoms with Gasteiger partial charge in [0, 0.05) is 11.3 Å². The molecular formula is C18H21ClN3O4-. The number of nitrogen functional groups attached to an aromatic ring is 1. The number of methoxy groups -OCH3 is 2. The van der Waals surface area contributed by atoms with E-state index in [9.17, 15) is 9.90 Å². The highest BCUT2D eigenvalue weighted by Crippen LogP contribution is 2.34. The van der Waals surface area contributed by atoms with Crippen LogP contribution in [-0.2, 0) is 4.79 Å². The van der Waals surface area contributed by atoms with Crippen LogP contribution in [-0.4, -0.2) is 26.0 Å². The fourth-order valence-electron chi connectivity index (χ4n) is 2.48. The number of aliphatic carboxylic acids is 1. The van der Waals surface area contributed by atoms with Gasteiger partial charge in [-0.2, -0.15) is 0 Å².